The molecule has 1 heterocycles. The summed E-state index contributed by atoms with van der Waals surface area (Å²) in [4.78, 5) is 24.3. The van der Waals surface area contributed by atoms with Crippen molar-refractivity contribution in [3.63, 3.8) is 0 Å². The summed E-state index contributed by atoms with van der Waals surface area (Å²) in [6.45, 7) is 1.86. The van der Waals surface area contributed by atoms with Gasteiger partial charge in [0.1, 0.15) is 12.2 Å². The largest absolute Gasteiger partial charge is 0.457 e. The fourth-order valence-electron chi connectivity index (χ4n) is 3.16. The molecule has 0 bridgehead atoms. The van der Waals surface area contributed by atoms with Gasteiger partial charge >= 0.3 is 11.6 Å². The van der Waals surface area contributed by atoms with Gasteiger partial charge < -0.3 is 9.15 Å². The number of benzene rings is 3. The number of aryl methyl sites for hydroxylation is 1. The number of esters is 1. The third-order valence-electron chi connectivity index (χ3n) is 4.44. The van der Waals surface area contributed by atoms with Crippen molar-refractivity contribution in [2.45, 2.75) is 13.5 Å². The van der Waals surface area contributed by atoms with E-state index >= 15 is 0 Å². The van der Waals surface area contributed by atoms with E-state index in [1.807, 2.05) is 49.4 Å². The van der Waals surface area contributed by atoms with Crippen molar-refractivity contribution in [2.24, 2.45) is 0 Å². The number of rotatable bonds is 3. The van der Waals surface area contributed by atoms with Crippen molar-refractivity contribution in [3.8, 4) is 0 Å². The summed E-state index contributed by atoms with van der Waals surface area (Å²) >= 11 is 0. The molecule has 0 aliphatic rings. The lowest BCUT2D eigenvalue weighted by Gasteiger charge is -2.10. The maximum atomic E-state index is 12.4. The van der Waals surface area contributed by atoms with E-state index in [-0.39, 0.29) is 6.61 Å². The zero-order chi connectivity index (χ0) is 18.1. The Morgan fingerprint density at radius 1 is 1.00 bits per heavy atom. The van der Waals surface area contributed by atoms with Crippen LogP contribution >= 0.6 is 0 Å². The predicted molar refractivity (Wildman–Crippen MR) is 100 cm³/mol. The number of ether oxygens (including phenoxy) is 1. The minimum atomic E-state index is -0.463. The van der Waals surface area contributed by atoms with Gasteiger partial charge in [-0.25, -0.2) is 9.59 Å². The topological polar surface area (TPSA) is 56.5 Å². The van der Waals surface area contributed by atoms with Crippen molar-refractivity contribution in [1.82, 2.24) is 0 Å². The minimum Gasteiger partial charge on any atom is -0.457 e. The van der Waals surface area contributed by atoms with Crippen LogP contribution in [-0.2, 0) is 11.3 Å². The zero-order valence-electron chi connectivity index (χ0n) is 14.2. The number of carbonyl (C=O) groups is 1. The second-order valence-corrected chi connectivity index (χ2v) is 6.14. The van der Waals surface area contributed by atoms with Gasteiger partial charge in [-0.3, -0.25) is 0 Å². The predicted octanol–water partition coefficient (Wildman–Crippen LogP) is 4.61. The number of fused-ring (bicyclic) bond motifs is 3. The van der Waals surface area contributed by atoms with Gasteiger partial charge in [-0.05, 0) is 35.4 Å². The molecular formula is C22H16O4. The van der Waals surface area contributed by atoms with E-state index in [9.17, 15) is 9.59 Å². The van der Waals surface area contributed by atoms with E-state index in [0.29, 0.717) is 16.7 Å². The van der Waals surface area contributed by atoms with Gasteiger partial charge in [0, 0.05) is 17.0 Å². The number of hydrogen-bond donors (Lipinski definition) is 0. The molecule has 26 heavy (non-hydrogen) atoms. The average Bonchev–Trinajstić information content (AvgIpc) is 2.65. The first-order valence-electron chi connectivity index (χ1n) is 8.31. The third-order valence-corrected chi connectivity index (χ3v) is 4.44. The van der Waals surface area contributed by atoms with Crippen LogP contribution in [0.15, 0.2) is 75.9 Å². The molecule has 0 spiro atoms. The summed E-state index contributed by atoms with van der Waals surface area (Å²) < 4.78 is 10.8. The fraction of sp³-hybridized carbons (Fsp3) is 0.0909. The molecule has 0 saturated heterocycles. The molecule has 0 radical (unpaired) electrons. The van der Waals surface area contributed by atoms with Gasteiger partial charge in [0.15, 0.2) is 0 Å². The van der Waals surface area contributed by atoms with E-state index in [1.165, 1.54) is 6.07 Å². The lowest BCUT2D eigenvalue weighted by Crippen LogP contribution is -2.09. The smallest absolute Gasteiger partial charge is 0.338 e. The molecule has 0 fully saturated rings. The molecule has 4 rings (SSSR count). The van der Waals surface area contributed by atoms with Crippen LogP contribution in [0.2, 0.25) is 0 Å². The van der Waals surface area contributed by atoms with Crippen molar-refractivity contribution >= 4 is 27.7 Å². The first-order chi connectivity index (χ1) is 12.6. The summed E-state index contributed by atoms with van der Waals surface area (Å²) in [6, 6.07) is 20.1. The Labute approximate surface area is 149 Å². The summed E-state index contributed by atoms with van der Waals surface area (Å²) in [5, 5.41) is 2.77. The van der Waals surface area contributed by atoms with Gasteiger partial charge in [-0.15, -0.1) is 0 Å². The molecule has 4 heteroatoms. The van der Waals surface area contributed by atoms with Crippen molar-refractivity contribution in [1.29, 1.82) is 0 Å². The van der Waals surface area contributed by atoms with E-state index in [1.54, 1.807) is 18.2 Å². The summed E-state index contributed by atoms with van der Waals surface area (Å²) in [7, 11) is 0. The highest BCUT2D eigenvalue weighted by atomic mass is 16.5. The SMILES string of the molecule is Cc1ccccc1C(=O)OCc1cc(=O)oc2ccc3ccccc3c12. The molecule has 128 valence electrons. The Hall–Kier alpha value is -3.40. The number of carbonyl (C=O) groups excluding carboxylic acids is 1. The monoisotopic (exact) mass is 344 g/mol. The van der Waals surface area contributed by atoms with Gasteiger partial charge in [0.05, 0.1) is 5.56 Å². The van der Waals surface area contributed by atoms with Crippen LogP contribution in [0.5, 0.6) is 0 Å². The maximum Gasteiger partial charge on any atom is 0.338 e. The standard InChI is InChI=1S/C22H16O4/c1-14-6-2-4-8-17(14)22(24)25-13-16-12-20(23)26-19-11-10-15-7-3-5-9-18(15)21(16)19/h2-12H,13H2,1H3. The lowest BCUT2D eigenvalue weighted by atomic mass is 10.0. The van der Waals surface area contributed by atoms with Gasteiger partial charge in [-0.1, -0.05) is 48.5 Å². The molecule has 0 unspecified atom stereocenters. The second kappa shape index (κ2) is 6.48. The van der Waals surface area contributed by atoms with E-state index < -0.39 is 11.6 Å². The molecule has 0 saturated carbocycles. The van der Waals surface area contributed by atoms with Crippen LogP contribution in [0.4, 0.5) is 0 Å². The first kappa shape index (κ1) is 16.1. The van der Waals surface area contributed by atoms with Crippen LogP contribution in [0.25, 0.3) is 21.7 Å². The molecule has 3 aromatic carbocycles. The van der Waals surface area contributed by atoms with Crippen LogP contribution < -0.4 is 5.63 Å². The van der Waals surface area contributed by atoms with Crippen molar-refractivity contribution in [2.75, 3.05) is 0 Å². The van der Waals surface area contributed by atoms with Crippen LogP contribution in [-0.4, -0.2) is 5.97 Å². The van der Waals surface area contributed by atoms with Crippen molar-refractivity contribution < 1.29 is 13.9 Å². The lowest BCUT2D eigenvalue weighted by molar-refractivity contribution is 0.0473. The molecule has 0 amide bonds. The summed E-state index contributed by atoms with van der Waals surface area (Å²) in [5.41, 5.74) is 2.02. The Morgan fingerprint density at radius 3 is 2.62 bits per heavy atom. The normalized spacial score (nSPS) is 11.0. The van der Waals surface area contributed by atoms with E-state index in [0.717, 1.165) is 21.7 Å². The Bertz CT molecular complexity index is 1190. The minimum absolute atomic E-state index is 0.00325. The Kier molecular flexibility index (Phi) is 4.01. The highest BCUT2D eigenvalue weighted by molar-refractivity contribution is 6.07. The highest BCUT2D eigenvalue weighted by Crippen LogP contribution is 2.28. The maximum absolute atomic E-state index is 12.4. The Balaban J connectivity index is 1.76. The fourth-order valence-corrected chi connectivity index (χ4v) is 3.16. The van der Waals surface area contributed by atoms with E-state index in [4.69, 9.17) is 9.15 Å². The number of hydrogen-bond acceptors (Lipinski definition) is 4. The van der Waals surface area contributed by atoms with Gasteiger partial charge in [-0.2, -0.15) is 0 Å². The van der Waals surface area contributed by atoms with Crippen LogP contribution in [0, 0.1) is 6.92 Å². The molecule has 4 aromatic rings. The van der Waals surface area contributed by atoms with Gasteiger partial charge in [0.25, 0.3) is 0 Å². The molecule has 1 aromatic heterocycles. The summed E-state index contributed by atoms with van der Waals surface area (Å²) in [6.07, 6.45) is 0. The first-order valence-corrected chi connectivity index (χ1v) is 8.31. The molecule has 0 aliphatic heterocycles. The van der Waals surface area contributed by atoms with E-state index in [2.05, 4.69) is 0 Å². The molecule has 4 nitrogen and oxygen atoms in total. The molecule has 0 aliphatic carbocycles. The van der Waals surface area contributed by atoms with Crippen LogP contribution in [0.1, 0.15) is 21.5 Å². The molecular weight excluding hydrogens is 328 g/mol. The Morgan fingerprint density at radius 2 is 1.77 bits per heavy atom. The third kappa shape index (κ3) is 2.86. The molecule has 0 N–H and O–H groups in total. The summed E-state index contributed by atoms with van der Waals surface area (Å²) in [5.74, 6) is -0.412. The quantitative estimate of drug-likeness (QED) is 0.309. The average molecular weight is 344 g/mol. The van der Waals surface area contributed by atoms with Gasteiger partial charge in [0.2, 0.25) is 0 Å². The second-order valence-electron chi connectivity index (χ2n) is 6.14. The van der Waals surface area contributed by atoms with Crippen LogP contribution in [0.3, 0.4) is 0 Å². The highest BCUT2D eigenvalue weighted by Gasteiger charge is 2.14. The zero-order valence-corrected chi connectivity index (χ0v) is 14.2. The molecule has 0 atom stereocenters. The van der Waals surface area contributed by atoms with Crippen molar-refractivity contribution in [3.05, 3.63) is 93.8 Å².